The van der Waals surface area contributed by atoms with E-state index in [1.165, 1.54) is 16.2 Å². The van der Waals surface area contributed by atoms with Crippen molar-refractivity contribution in [3.8, 4) is 0 Å². The highest BCUT2D eigenvalue weighted by Crippen LogP contribution is 2.28. The molecule has 5 nitrogen and oxygen atoms in total. The molecule has 1 aromatic rings. The highest BCUT2D eigenvalue weighted by molar-refractivity contribution is 7.16. The van der Waals surface area contributed by atoms with Gasteiger partial charge < -0.3 is 14.9 Å². The van der Waals surface area contributed by atoms with E-state index < -0.39 is 0 Å². The molecule has 90 valence electrons. The second-order valence-electron chi connectivity index (χ2n) is 3.51. The predicted molar refractivity (Wildman–Crippen MR) is 65.0 cm³/mol. The van der Waals surface area contributed by atoms with Gasteiger partial charge in [-0.25, -0.2) is 4.98 Å². The molecule has 0 fully saturated rings. The van der Waals surface area contributed by atoms with Gasteiger partial charge in [-0.2, -0.15) is 0 Å². The second-order valence-corrected chi connectivity index (χ2v) is 4.93. The Morgan fingerprint density at radius 3 is 2.56 bits per heavy atom. The van der Waals surface area contributed by atoms with Crippen molar-refractivity contribution in [1.29, 1.82) is 0 Å². The summed E-state index contributed by atoms with van der Waals surface area (Å²) in [4.78, 5) is 19.4. The smallest absolute Gasteiger partial charge is 0.241 e. The maximum absolute atomic E-state index is 11.5. The number of anilines is 1. The third kappa shape index (κ3) is 3.07. The summed E-state index contributed by atoms with van der Waals surface area (Å²) >= 11 is 7.09. The van der Waals surface area contributed by atoms with Crippen molar-refractivity contribution in [2.45, 2.75) is 6.61 Å². The Morgan fingerprint density at radius 1 is 1.50 bits per heavy atom. The van der Waals surface area contributed by atoms with Crippen molar-refractivity contribution >= 4 is 34.0 Å². The number of carbonyl (C=O) groups is 1. The van der Waals surface area contributed by atoms with Gasteiger partial charge in [-0.15, -0.1) is 0 Å². The summed E-state index contributed by atoms with van der Waals surface area (Å²) in [5, 5.41) is 9.90. The van der Waals surface area contributed by atoms with Crippen molar-refractivity contribution < 1.29 is 9.90 Å². The maximum Gasteiger partial charge on any atom is 0.241 e. The van der Waals surface area contributed by atoms with Crippen molar-refractivity contribution in [2.24, 2.45) is 0 Å². The van der Waals surface area contributed by atoms with E-state index in [0.29, 0.717) is 15.2 Å². The van der Waals surface area contributed by atoms with E-state index in [2.05, 4.69) is 4.98 Å². The van der Waals surface area contributed by atoms with Gasteiger partial charge in [0, 0.05) is 21.1 Å². The van der Waals surface area contributed by atoms with Gasteiger partial charge in [-0.1, -0.05) is 22.9 Å². The van der Waals surface area contributed by atoms with Gasteiger partial charge in [0.15, 0.2) is 5.13 Å². The lowest BCUT2D eigenvalue weighted by Gasteiger charge is -2.17. The Bertz CT molecular complexity index is 381. The lowest BCUT2D eigenvalue weighted by atomic mass is 10.5. The number of hydrogen-bond donors (Lipinski definition) is 1. The predicted octanol–water partition coefficient (Wildman–Crippen LogP) is 0.813. The van der Waals surface area contributed by atoms with E-state index in [0.717, 1.165) is 0 Å². The molecule has 1 rings (SSSR count). The number of carbonyl (C=O) groups excluding carboxylic acids is 1. The molecule has 0 bridgehead atoms. The minimum atomic E-state index is -0.133. The number of hydrogen-bond acceptors (Lipinski definition) is 5. The topological polar surface area (TPSA) is 56.7 Å². The van der Waals surface area contributed by atoms with Gasteiger partial charge in [-0.05, 0) is 0 Å². The third-order valence-electron chi connectivity index (χ3n) is 1.98. The number of thiazole rings is 1. The van der Waals surface area contributed by atoms with Gasteiger partial charge in [0.1, 0.15) is 5.15 Å². The molecule has 1 amide bonds. The summed E-state index contributed by atoms with van der Waals surface area (Å²) in [6.45, 7) is 0.105. The van der Waals surface area contributed by atoms with Crippen LogP contribution in [-0.4, -0.2) is 48.6 Å². The summed E-state index contributed by atoms with van der Waals surface area (Å²) in [6.07, 6.45) is 0. The largest absolute Gasteiger partial charge is 0.391 e. The molecule has 0 aliphatic heterocycles. The summed E-state index contributed by atoms with van der Waals surface area (Å²) < 4.78 is 0. The number of likely N-dealkylation sites (N-methyl/N-ethyl adjacent to an activating group) is 2. The van der Waals surface area contributed by atoms with Crippen LogP contribution in [0, 0.1) is 0 Å². The Kier molecular flexibility index (Phi) is 4.52. The van der Waals surface area contributed by atoms with E-state index in [4.69, 9.17) is 16.7 Å². The Hall–Kier alpha value is -0.850. The zero-order valence-corrected chi connectivity index (χ0v) is 11.0. The fourth-order valence-electron chi connectivity index (χ4n) is 0.994. The number of halogens is 1. The molecule has 1 N–H and O–H groups in total. The van der Waals surface area contributed by atoms with E-state index >= 15 is 0 Å². The minimum absolute atomic E-state index is 0.0145. The average molecular weight is 264 g/mol. The quantitative estimate of drug-likeness (QED) is 0.874. The molecule has 1 heterocycles. The molecule has 0 atom stereocenters. The lowest BCUT2D eigenvalue weighted by Crippen LogP contribution is -2.34. The van der Waals surface area contributed by atoms with Crippen LogP contribution in [0.3, 0.4) is 0 Å². The Labute approximate surface area is 103 Å². The molecule has 0 radical (unpaired) electrons. The number of aliphatic hydroxyl groups is 1. The Morgan fingerprint density at radius 2 is 2.12 bits per heavy atom. The van der Waals surface area contributed by atoms with Gasteiger partial charge >= 0.3 is 0 Å². The minimum Gasteiger partial charge on any atom is -0.391 e. The molecule has 0 aliphatic carbocycles. The van der Waals surface area contributed by atoms with Gasteiger partial charge in [0.25, 0.3) is 0 Å². The van der Waals surface area contributed by atoms with Crippen molar-refractivity contribution in [3.63, 3.8) is 0 Å². The second kappa shape index (κ2) is 5.47. The number of nitrogens with zero attached hydrogens (tertiary/aromatic N) is 3. The average Bonchev–Trinajstić information content (AvgIpc) is 2.59. The third-order valence-corrected chi connectivity index (χ3v) is 3.56. The van der Waals surface area contributed by atoms with Gasteiger partial charge in [0.05, 0.1) is 18.0 Å². The summed E-state index contributed by atoms with van der Waals surface area (Å²) in [5.41, 5.74) is 0. The van der Waals surface area contributed by atoms with Crippen LogP contribution in [-0.2, 0) is 11.4 Å². The fraction of sp³-hybridized carbons (Fsp3) is 0.556. The normalized spacial score (nSPS) is 10.3. The first-order chi connectivity index (χ1) is 7.45. The van der Waals surface area contributed by atoms with Crippen LogP contribution in [0.5, 0.6) is 0 Å². The Balaban J connectivity index is 2.73. The van der Waals surface area contributed by atoms with E-state index in [1.54, 1.807) is 26.0 Å². The van der Waals surface area contributed by atoms with E-state index in [-0.39, 0.29) is 19.1 Å². The first kappa shape index (κ1) is 13.2. The standard InChI is InChI=1S/C9H14ClN3O2S/c1-12(2)7(15)4-13(3)9-11-8(10)6(5-14)16-9/h14H,4-5H2,1-3H3. The molecular formula is C9H14ClN3O2S. The van der Waals surface area contributed by atoms with Crippen molar-refractivity contribution in [1.82, 2.24) is 9.88 Å². The molecule has 0 aromatic carbocycles. The molecular weight excluding hydrogens is 250 g/mol. The molecule has 0 aliphatic rings. The van der Waals surface area contributed by atoms with Crippen LogP contribution in [0.2, 0.25) is 5.15 Å². The molecule has 0 unspecified atom stereocenters. The summed E-state index contributed by atoms with van der Waals surface area (Å²) in [7, 11) is 5.16. The maximum atomic E-state index is 11.5. The van der Waals surface area contributed by atoms with Crippen molar-refractivity contribution in [3.05, 3.63) is 10.0 Å². The molecule has 0 saturated carbocycles. The SMILES string of the molecule is CN(C)C(=O)CN(C)c1nc(Cl)c(CO)s1. The van der Waals surface area contributed by atoms with Crippen LogP contribution in [0.4, 0.5) is 5.13 Å². The first-order valence-electron chi connectivity index (χ1n) is 4.63. The van der Waals surface area contributed by atoms with Crippen molar-refractivity contribution in [2.75, 3.05) is 32.6 Å². The van der Waals surface area contributed by atoms with Crippen LogP contribution < -0.4 is 4.90 Å². The number of rotatable bonds is 4. The molecule has 0 saturated heterocycles. The van der Waals surface area contributed by atoms with Gasteiger partial charge in [0.2, 0.25) is 5.91 Å². The number of aromatic nitrogens is 1. The molecule has 7 heteroatoms. The summed E-state index contributed by atoms with van der Waals surface area (Å²) in [5.74, 6) is -0.0145. The van der Waals surface area contributed by atoms with Crippen LogP contribution in [0.15, 0.2) is 0 Å². The molecule has 1 aromatic heterocycles. The van der Waals surface area contributed by atoms with Crippen LogP contribution in [0.25, 0.3) is 0 Å². The molecule has 0 spiro atoms. The van der Waals surface area contributed by atoms with E-state index in [1.807, 2.05) is 0 Å². The molecule has 16 heavy (non-hydrogen) atoms. The number of amides is 1. The fourth-order valence-corrected chi connectivity index (χ4v) is 2.07. The highest BCUT2D eigenvalue weighted by atomic mass is 35.5. The number of aliphatic hydroxyl groups excluding tert-OH is 1. The lowest BCUT2D eigenvalue weighted by molar-refractivity contribution is -0.127. The zero-order chi connectivity index (χ0) is 12.3. The monoisotopic (exact) mass is 263 g/mol. The van der Waals surface area contributed by atoms with Crippen LogP contribution >= 0.6 is 22.9 Å². The van der Waals surface area contributed by atoms with Crippen LogP contribution in [0.1, 0.15) is 4.88 Å². The highest BCUT2D eigenvalue weighted by Gasteiger charge is 2.15. The zero-order valence-electron chi connectivity index (χ0n) is 9.40. The van der Waals surface area contributed by atoms with Gasteiger partial charge in [-0.3, -0.25) is 4.79 Å². The first-order valence-corrected chi connectivity index (χ1v) is 5.82. The summed E-state index contributed by atoms with van der Waals surface area (Å²) in [6, 6.07) is 0. The van der Waals surface area contributed by atoms with E-state index in [9.17, 15) is 4.79 Å².